The van der Waals surface area contributed by atoms with Gasteiger partial charge in [0.15, 0.2) is 6.29 Å². The number of pyridine rings is 2. The number of amides is 2. The zero-order valence-electron chi connectivity index (χ0n) is 21.7. The first-order chi connectivity index (χ1) is 19.3. The van der Waals surface area contributed by atoms with E-state index in [1.165, 1.54) is 17.4 Å². The van der Waals surface area contributed by atoms with Gasteiger partial charge in [-0.25, -0.2) is 14.8 Å². The quantitative estimate of drug-likeness (QED) is 0.446. The minimum Gasteiger partial charge on any atom is -0.418 e. The standard InChI is InChI=1S/C29H26N6O5/c1-29(39)7-10-34(11-8-29)24-14-25(31-16-21(24)15-30)33-27(37)22-6-4-5-19-13-20(23(18-36)32-26(19)22)17-35-9-2-3-12-40-28(35)38/h2-6,9,12-14,16,18,39H,7-8,10-11,17H2,1H3,(H,31,33,37). The summed E-state index contributed by atoms with van der Waals surface area (Å²) in [6.07, 6.45) is 8.52. The molecule has 0 unspecified atom stereocenters. The van der Waals surface area contributed by atoms with Crippen molar-refractivity contribution in [2.24, 2.45) is 0 Å². The number of nitriles is 1. The maximum atomic E-state index is 13.4. The van der Waals surface area contributed by atoms with E-state index in [9.17, 15) is 24.8 Å². The first-order valence-electron chi connectivity index (χ1n) is 12.7. The number of ether oxygens (including phenoxy) is 1. The van der Waals surface area contributed by atoms with Gasteiger partial charge in [0.2, 0.25) is 0 Å². The lowest BCUT2D eigenvalue weighted by atomic mass is 9.93. The predicted molar refractivity (Wildman–Crippen MR) is 146 cm³/mol. The molecule has 11 nitrogen and oxygen atoms in total. The molecule has 4 heterocycles. The van der Waals surface area contributed by atoms with E-state index >= 15 is 0 Å². The summed E-state index contributed by atoms with van der Waals surface area (Å²) in [7, 11) is 0. The number of piperidine rings is 1. The van der Waals surface area contributed by atoms with Crippen molar-refractivity contribution in [3.8, 4) is 6.07 Å². The average molecular weight is 539 g/mol. The number of aldehydes is 1. The van der Waals surface area contributed by atoms with E-state index in [-0.39, 0.29) is 23.6 Å². The molecule has 0 bridgehead atoms. The van der Waals surface area contributed by atoms with Crippen molar-refractivity contribution in [2.45, 2.75) is 31.9 Å². The van der Waals surface area contributed by atoms with E-state index in [0.717, 1.165) is 0 Å². The van der Waals surface area contributed by atoms with Gasteiger partial charge in [-0.15, -0.1) is 0 Å². The van der Waals surface area contributed by atoms with Gasteiger partial charge in [0, 0.05) is 42.5 Å². The highest BCUT2D eigenvalue weighted by atomic mass is 16.5. The fraction of sp³-hybridized carbons (Fsp3) is 0.241. The molecule has 202 valence electrons. The van der Waals surface area contributed by atoms with E-state index in [0.29, 0.717) is 59.9 Å². The third-order valence-corrected chi connectivity index (χ3v) is 6.94. The highest BCUT2D eigenvalue weighted by Crippen LogP contribution is 2.30. The zero-order valence-corrected chi connectivity index (χ0v) is 21.7. The number of para-hydroxylation sites is 1. The van der Waals surface area contributed by atoms with Gasteiger partial charge in [0.25, 0.3) is 5.91 Å². The summed E-state index contributed by atoms with van der Waals surface area (Å²) in [6, 6.07) is 10.6. The first kappa shape index (κ1) is 26.5. The van der Waals surface area contributed by atoms with E-state index in [1.54, 1.807) is 55.6 Å². The van der Waals surface area contributed by atoms with Crippen LogP contribution in [0.4, 0.5) is 16.3 Å². The molecule has 0 radical (unpaired) electrons. The molecule has 0 saturated carbocycles. The fourth-order valence-electron chi connectivity index (χ4n) is 4.67. The minimum absolute atomic E-state index is 0.0499. The van der Waals surface area contributed by atoms with Gasteiger partial charge >= 0.3 is 6.09 Å². The number of cyclic esters (lactones) is 1. The molecule has 1 fully saturated rings. The number of nitrogens with zero attached hydrogens (tertiary/aromatic N) is 5. The Morgan fingerprint density at radius 1 is 1.27 bits per heavy atom. The fourth-order valence-corrected chi connectivity index (χ4v) is 4.67. The third-order valence-electron chi connectivity index (χ3n) is 6.94. The summed E-state index contributed by atoms with van der Waals surface area (Å²) in [5.41, 5.74) is 1.37. The molecule has 0 spiro atoms. The highest BCUT2D eigenvalue weighted by Gasteiger charge is 2.29. The normalized spacial score (nSPS) is 16.3. The molecule has 5 rings (SSSR count). The van der Waals surface area contributed by atoms with Crippen molar-refractivity contribution >= 4 is 40.7 Å². The molecule has 11 heteroatoms. The lowest BCUT2D eigenvalue weighted by Gasteiger charge is -2.37. The number of hydrogen-bond donors (Lipinski definition) is 2. The van der Waals surface area contributed by atoms with Crippen molar-refractivity contribution in [3.05, 3.63) is 83.5 Å². The van der Waals surface area contributed by atoms with E-state index in [1.807, 2.05) is 4.90 Å². The summed E-state index contributed by atoms with van der Waals surface area (Å²) in [4.78, 5) is 49.5. The molecule has 2 amide bonds. The highest BCUT2D eigenvalue weighted by molar-refractivity contribution is 6.12. The second-order valence-electron chi connectivity index (χ2n) is 9.85. The lowest BCUT2D eigenvalue weighted by Crippen LogP contribution is -2.42. The molecule has 1 aromatic carbocycles. The van der Waals surface area contributed by atoms with Crippen molar-refractivity contribution in [1.29, 1.82) is 5.26 Å². The van der Waals surface area contributed by atoms with Gasteiger partial charge in [-0.3, -0.25) is 14.5 Å². The number of allylic oxidation sites excluding steroid dienone is 2. The molecule has 1 saturated heterocycles. The van der Waals surface area contributed by atoms with E-state index < -0.39 is 17.6 Å². The maximum absolute atomic E-state index is 13.4. The van der Waals surface area contributed by atoms with Crippen molar-refractivity contribution < 1.29 is 24.2 Å². The van der Waals surface area contributed by atoms with E-state index in [4.69, 9.17) is 4.74 Å². The summed E-state index contributed by atoms with van der Waals surface area (Å²) in [5.74, 6) is -0.238. The lowest BCUT2D eigenvalue weighted by molar-refractivity contribution is 0.0351. The number of aromatic nitrogens is 2. The number of anilines is 2. The molecule has 40 heavy (non-hydrogen) atoms. The van der Waals surface area contributed by atoms with Crippen LogP contribution in [-0.4, -0.2) is 57.0 Å². The van der Waals surface area contributed by atoms with Gasteiger partial charge in [-0.2, -0.15) is 5.26 Å². The summed E-state index contributed by atoms with van der Waals surface area (Å²) in [5, 5.41) is 23.3. The van der Waals surface area contributed by atoms with Gasteiger partial charge in [-0.1, -0.05) is 12.1 Å². The monoisotopic (exact) mass is 538 g/mol. The van der Waals surface area contributed by atoms with Gasteiger partial charge in [0.05, 0.1) is 40.7 Å². The smallest absolute Gasteiger partial charge is 0.418 e. The number of benzene rings is 1. The topological polar surface area (TPSA) is 149 Å². The minimum atomic E-state index is -0.751. The SMILES string of the molecule is CC1(O)CCN(c2cc(NC(=O)c3cccc4cc(CN5C=CC=COC5=O)c(C=O)nc34)ncc2C#N)CC1. The molecule has 2 N–H and O–H groups in total. The van der Waals surface area contributed by atoms with Crippen LogP contribution in [0.15, 0.2) is 61.1 Å². The number of hydrogen-bond acceptors (Lipinski definition) is 9. The van der Waals surface area contributed by atoms with Crippen LogP contribution < -0.4 is 10.2 Å². The van der Waals surface area contributed by atoms with Gasteiger partial charge in [0.1, 0.15) is 17.6 Å². The number of nitrogens with one attached hydrogen (secondary N) is 1. The van der Waals surface area contributed by atoms with Crippen molar-refractivity contribution in [2.75, 3.05) is 23.3 Å². The maximum Gasteiger partial charge on any atom is 0.418 e. The van der Waals surface area contributed by atoms with Crippen molar-refractivity contribution in [3.63, 3.8) is 0 Å². The molecule has 0 atom stereocenters. The Balaban J connectivity index is 1.42. The predicted octanol–water partition coefficient (Wildman–Crippen LogP) is 3.90. The molecule has 0 aliphatic carbocycles. The van der Waals surface area contributed by atoms with Crippen LogP contribution in [0, 0.1) is 11.3 Å². The van der Waals surface area contributed by atoms with Crippen LogP contribution >= 0.6 is 0 Å². The molecule has 3 aromatic rings. The Bertz CT molecular complexity index is 1600. The summed E-state index contributed by atoms with van der Waals surface area (Å²) in [6.45, 7) is 2.96. The largest absolute Gasteiger partial charge is 0.418 e. The second kappa shape index (κ2) is 11.0. The Hall–Kier alpha value is -5.08. The van der Waals surface area contributed by atoms with Crippen LogP contribution in [0.25, 0.3) is 10.9 Å². The summed E-state index contributed by atoms with van der Waals surface area (Å²) >= 11 is 0. The number of carbonyl (C=O) groups is 3. The third kappa shape index (κ3) is 5.52. The Morgan fingerprint density at radius 3 is 2.83 bits per heavy atom. The van der Waals surface area contributed by atoms with Crippen LogP contribution in [-0.2, 0) is 11.3 Å². The molecular formula is C29H26N6O5. The number of aliphatic hydroxyl groups is 1. The number of rotatable bonds is 6. The molecular weight excluding hydrogens is 512 g/mol. The van der Waals surface area contributed by atoms with Crippen LogP contribution in [0.3, 0.4) is 0 Å². The second-order valence-corrected chi connectivity index (χ2v) is 9.85. The zero-order chi connectivity index (χ0) is 28.3. The van der Waals surface area contributed by atoms with Crippen LogP contribution in [0.2, 0.25) is 0 Å². The molecule has 2 aromatic heterocycles. The molecule has 2 aliphatic rings. The van der Waals surface area contributed by atoms with Gasteiger partial charge < -0.3 is 20.1 Å². The number of fused-ring (bicyclic) bond motifs is 1. The average Bonchev–Trinajstić information content (AvgIpc) is 3.15. The van der Waals surface area contributed by atoms with Gasteiger partial charge in [-0.05, 0) is 44.1 Å². The van der Waals surface area contributed by atoms with Crippen LogP contribution in [0.5, 0.6) is 0 Å². The van der Waals surface area contributed by atoms with E-state index in [2.05, 4.69) is 21.4 Å². The number of carbonyl (C=O) groups excluding carboxylic acids is 3. The van der Waals surface area contributed by atoms with Crippen LogP contribution in [0.1, 0.15) is 51.7 Å². The Morgan fingerprint density at radius 2 is 2.08 bits per heavy atom. The first-order valence-corrected chi connectivity index (χ1v) is 12.7. The molecule has 2 aliphatic heterocycles. The Labute approximate surface area is 230 Å². The summed E-state index contributed by atoms with van der Waals surface area (Å²) < 4.78 is 4.97. The Kier molecular flexibility index (Phi) is 7.27. The van der Waals surface area contributed by atoms with Crippen molar-refractivity contribution in [1.82, 2.24) is 14.9 Å².